The van der Waals surface area contributed by atoms with Gasteiger partial charge in [0.15, 0.2) is 0 Å². The third kappa shape index (κ3) is 1.60. The van der Waals surface area contributed by atoms with E-state index in [1.54, 1.807) is 0 Å². The maximum atomic E-state index is 6.58. The van der Waals surface area contributed by atoms with Crippen molar-refractivity contribution in [2.45, 2.75) is 0 Å². The highest BCUT2D eigenvalue weighted by Gasteiger charge is 2.26. The van der Waals surface area contributed by atoms with Crippen molar-refractivity contribution < 1.29 is 0 Å². The Morgan fingerprint density at radius 3 is 1.40 bits per heavy atom. The summed E-state index contributed by atoms with van der Waals surface area (Å²) in [5, 5.41) is 13.1. The molecule has 6 aromatic carbocycles. The lowest BCUT2D eigenvalue weighted by molar-refractivity contribution is 1.86. The molecule has 6 aromatic rings. The second-order valence-corrected chi connectivity index (χ2v) is 8.44. The van der Waals surface area contributed by atoms with Crippen molar-refractivity contribution in [3.8, 4) is 0 Å². The summed E-state index contributed by atoms with van der Waals surface area (Å²) in [6.07, 6.45) is 0. The van der Waals surface area contributed by atoms with Gasteiger partial charge in [-0.3, -0.25) is 0 Å². The van der Waals surface area contributed by atoms with Gasteiger partial charge < -0.3 is 0 Å². The minimum atomic E-state index is 0.595. The summed E-state index contributed by atoms with van der Waals surface area (Å²) in [7, 11) is 0. The van der Waals surface area contributed by atoms with E-state index in [4.69, 9.17) is 58.0 Å². The van der Waals surface area contributed by atoms with Crippen LogP contribution in [0.3, 0.4) is 0 Å². The van der Waals surface area contributed by atoms with Gasteiger partial charge in [0.05, 0.1) is 10.0 Å². The summed E-state index contributed by atoms with van der Waals surface area (Å²) >= 11 is 32.9. The highest BCUT2D eigenvalue weighted by atomic mass is 35.5. The van der Waals surface area contributed by atoms with Crippen molar-refractivity contribution in [3.05, 3.63) is 55.4 Å². The average molecular weight is 423 g/mol. The number of hydrogen-bond acceptors (Lipinski definition) is 0. The van der Waals surface area contributed by atoms with E-state index in [9.17, 15) is 0 Å². The highest BCUT2D eigenvalue weighted by molar-refractivity contribution is 6.56. The lowest BCUT2D eigenvalue weighted by Crippen LogP contribution is -1.82. The molecule has 0 fully saturated rings. The summed E-state index contributed by atoms with van der Waals surface area (Å²) in [6, 6.07) is 9.57. The summed E-state index contributed by atoms with van der Waals surface area (Å²) in [5.74, 6) is 0. The topological polar surface area (TPSA) is 0 Å². The van der Waals surface area contributed by atoms with Crippen molar-refractivity contribution >= 4 is 112 Å². The number of benzene rings is 5. The molecule has 0 nitrogen and oxygen atoms in total. The van der Waals surface area contributed by atoms with Crippen molar-refractivity contribution in [2.24, 2.45) is 0 Å². The molecule has 0 spiro atoms. The molecule has 0 atom stereocenters. The van der Waals surface area contributed by atoms with E-state index in [-0.39, 0.29) is 0 Å². The molecule has 0 saturated carbocycles. The Balaban J connectivity index is 2.21. The Hall–Kier alpha value is -1.15. The van der Waals surface area contributed by atoms with E-state index in [1.807, 2.05) is 30.3 Å². The summed E-state index contributed by atoms with van der Waals surface area (Å²) < 4.78 is 0. The van der Waals surface area contributed by atoms with Crippen LogP contribution in [-0.4, -0.2) is 0 Å². The van der Waals surface area contributed by atoms with Gasteiger partial charge in [0.2, 0.25) is 0 Å². The minimum Gasteiger partial charge on any atom is -0.0836 e. The van der Waals surface area contributed by atoms with Crippen LogP contribution in [0.25, 0.3) is 53.9 Å². The van der Waals surface area contributed by atoms with Gasteiger partial charge in [-0.25, -0.2) is 0 Å². The number of halogens is 5. The van der Waals surface area contributed by atoms with Gasteiger partial charge in [-0.05, 0) is 41.1 Å². The second-order valence-electron chi connectivity index (χ2n) is 6.41. The van der Waals surface area contributed by atoms with Crippen LogP contribution in [0.1, 0.15) is 0 Å². The molecule has 0 aliphatic rings. The van der Waals surface area contributed by atoms with Crippen LogP contribution >= 0.6 is 58.0 Å². The minimum absolute atomic E-state index is 0.595. The van der Waals surface area contributed by atoms with Gasteiger partial charge in [0, 0.05) is 58.2 Å². The zero-order valence-electron chi connectivity index (χ0n) is 12.3. The smallest absolute Gasteiger partial charge is 0.0506 e. The van der Waals surface area contributed by atoms with Gasteiger partial charge in [0.25, 0.3) is 0 Å². The molecular formula is C20H5Cl5. The van der Waals surface area contributed by atoms with Crippen molar-refractivity contribution in [1.82, 2.24) is 0 Å². The first-order valence-corrected chi connectivity index (χ1v) is 9.47. The molecule has 0 aliphatic carbocycles. The molecule has 0 unspecified atom stereocenters. The molecule has 6 rings (SSSR count). The van der Waals surface area contributed by atoms with E-state index in [2.05, 4.69) is 0 Å². The SMILES string of the molecule is Clc1cc2cc(Cl)c3c(Cl)cc4c(Cl)cc5c(Cl)cc1c1c2c3c4c51. The predicted molar refractivity (Wildman–Crippen MR) is 113 cm³/mol. The lowest BCUT2D eigenvalue weighted by atomic mass is 9.99. The Kier molecular flexibility index (Phi) is 2.74. The molecule has 25 heavy (non-hydrogen) atoms. The Morgan fingerprint density at radius 1 is 0.360 bits per heavy atom. The first-order chi connectivity index (χ1) is 12.0. The fourth-order valence-electron chi connectivity index (χ4n) is 4.32. The van der Waals surface area contributed by atoms with Gasteiger partial charge in [0.1, 0.15) is 0 Å². The highest BCUT2D eigenvalue weighted by Crippen LogP contribution is 2.54. The molecule has 0 bridgehead atoms. The van der Waals surface area contributed by atoms with Crippen LogP contribution in [-0.2, 0) is 0 Å². The van der Waals surface area contributed by atoms with Crippen LogP contribution in [0, 0.1) is 0 Å². The van der Waals surface area contributed by atoms with Crippen molar-refractivity contribution in [2.75, 3.05) is 0 Å². The zero-order chi connectivity index (χ0) is 17.2. The Bertz CT molecular complexity index is 1480. The first-order valence-electron chi connectivity index (χ1n) is 7.58. The Morgan fingerprint density at radius 2 is 0.760 bits per heavy atom. The molecule has 0 amide bonds. The van der Waals surface area contributed by atoms with Crippen LogP contribution in [0.4, 0.5) is 0 Å². The van der Waals surface area contributed by atoms with E-state index in [0.717, 1.165) is 53.9 Å². The average Bonchev–Trinajstić information content (AvgIpc) is 2.90. The van der Waals surface area contributed by atoms with Gasteiger partial charge in [-0.2, -0.15) is 0 Å². The van der Waals surface area contributed by atoms with E-state index in [0.29, 0.717) is 25.1 Å². The molecule has 0 saturated heterocycles. The summed E-state index contributed by atoms with van der Waals surface area (Å²) in [6.45, 7) is 0. The quantitative estimate of drug-likeness (QED) is 0.214. The van der Waals surface area contributed by atoms with Crippen LogP contribution in [0.5, 0.6) is 0 Å². The molecule has 0 radical (unpaired) electrons. The van der Waals surface area contributed by atoms with Gasteiger partial charge in [-0.15, -0.1) is 0 Å². The van der Waals surface area contributed by atoms with Crippen LogP contribution in [0.2, 0.25) is 25.1 Å². The maximum absolute atomic E-state index is 6.58. The largest absolute Gasteiger partial charge is 0.0836 e. The molecule has 0 aliphatic heterocycles. The van der Waals surface area contributed by atoms with Crippen molar-refractivity contribution in [1.29, 1.82) is 0 Å². The maximum Gasteiger partial charge on any atom is 0.0506 e. The van der Waals surface area contributed by atoms with E-state index >= 15 is 0 Å². The van der Waals surface area contributed by atoms with E-state index < -0.39 is 0 Å². The Labute approximate surface area is 166 Å². The summed E-state index contributed by atoms with van der Waals surface area (Å²) in [5.41, 5.74) is 0. The van der Waals surface area contributed by atoms with E-state index in [1.165, 1.54) is 0 Å². The third-order valence-corrected chi connectivity index (χ3v) is 6.76. The van der Waals surface area contributed by atoms with Crippen molar-refractivity contribution in [3.63, 3.8) is 0 Å². The number of rotatable bonds is 0. The van der Waals surface area contributed by atoms with Gasteiger partial charge in [-0.1, -0.05) is 58.0 Å². The second kappa shape index (κ2) is 4.57. The summed E-state index contributed by atoms with van der Waals surface area (Å²) in [4.78, 5) is 0. The predicted octanol–water partition coefficient (Wildman–Crippen LogP) is 9.03. The third-order valence-electron chi connectivity index (χ3n) is 5.22. The van der Waals surface area contributed by atoms with Gasteiger partial charge >= 0.3 is 0 Å². The molecule has 0 aromatic heterocycles. The van der Waals surface area contributed by atoms with Crippen LogP contribution < -0.4 is 0 Å². The normalized spacial score (nSPS) is 13.0. The standard InChI is InChI=1S/C20H5Cl5/c21-10-1-6-2-13(24)19-14(25)5-9-12(23)4-8-11(22)3-7(10)16-15(6)20(19)18(9)17(8)16/h1-5H. The number of hydrogen-bond donors (Lipinski definition) is 0. The molecular weight excluding hydrogens is 417 g/mol. The molecule has 5 heteroatoms. The zero-order valence-corrected chi connectivity index (χ0v) is 16.1. The molecule has 0 N–H and O–H groups in total. The first kappa shape index (κ1) is 15.0. The molecule has 0 heterocycles. The monoisotopic (exact) mass is 420 g/mol. The fourth-order valence-corrected chi connectivity index (χ4v) is 5.77. The van der Waals surface area contributed by atoms with Crippen LogP contribution in [0.15, 0.2) is 30.3 Å². The fraction of sp³-hybridized carbons (Fsp3) is 0. The lowest BCUT2D eigenvalue weighted by Gasteiger charge is -2.10. The molecule has 120 valence electrons.